The van der Waals surface area contributed by atoms with E-state index in [0.717, 1.165) is 0 Å². The second-order valence-electron chi connectivity index (χ2n) is 0.447. The Labute approximate surface area is 82.1 Å². The van der Waals surface area contributed by atoms with Gasteiger partial charge in [0.05, 0.1) is 10.2 Å². The molecule has 0 fully saturated rings. The van der Waals surface area contributed by atoms with E-state index in [0.29, 0.717) is 0 Å². The fourth-order valence-electron chi connectivity index (χ4n) is 0. The van der Waals surface area contributed by atoms with Crippen LogP contribution in [0.5, 0.6) is 0 Å². The molecule has 0 saturated carbocycles. The summed E-state index contributed by atoms with van der Waals surface area (Å²) in [6, 6.07) is 0. The van der Waals surface area contributed by atoms with Crippen LogP contribution in [0.3, 0.4) is 0 Å². The van der Waals surface area contributed by atoms with E-state index in [1.54, 1.807) is 0 Å². The Balaban J connectivity index is -0.0000000720. The molecular weight excluding hydrogens is 264 g/mol. The Hall–Kier alpha value is -0.223. The van der Waals surface area contributed by atoms with Crippen molar-refractivity contribution >= 4 is 0 Å². The molecule has 0 aromatic carbocycles. The van der Waals surface area contributed by atoms with Crippen molar-refractivity contribution in [1.29, 1.82) is 0 Å². The third-order valence-corrected chi connectivity index (χ3v) is 0. The van der Waals surface area contributed by atoms with Gasteiger partial charge in [0, 0.05) is 0 Å². The molecule has 0 amide bonds. The molecule has 0 aliphatic heterocycles. The molecule has 0 aromatic heterocycles. The van der Waals surface area contributed by atoms with E-state index in [1.807, 2.05) is 0 Å². The maximum Gasteiger partial charge on any atom is 3.00 e. The average molecular weight is 264 g/mol. The van der Waals surface area contributed by atoms with E-state index >= 15 is 0 Å². The van der Waals surface area contributed by atoms with Gasteiger partial charge in [0.15, 0.2) is 0 Å². The van der Waals surface area contributed by atoms with E-state index in [2.05, 4.69) is 0 Å². The predicted octanol–water partition coefficient (Wildman–Crippen LogP) is -0.478. The van der Waals surface area contributed by atoms with Gasteiger partial charge in [0.2, 0.25) is 0 Å². The topological polar surface area (TPSA) is 132 Å². The molecule has 0 spiro atoms. The Kier molecular flexibility index (Phi) is 18.9. The zero-order valence-electron chi connectivity index (χ0n) is 3.84. The first-order chi connectivity index (χ1) is 3.46. The van der Waals surface area contributed by atoms with Crippen molar-refractivity contribution in [2.24, 2.45) is 0 Å². The van der Waals surface area contributed by atoms with Crippen LogP contribution in [-0.2, 0) is 0 Å². The molecule has 0 heterocycles. The van der Waals surface area contributed by atoms with Gasteiger partial charge >= 0.3 is 41.7 Å². The normalized spacial score (nSPS) is 5.33. The summed E-state index contributed by atoms with van der Waals surface area (Å²) in [6.45, 7) is 0. The summed E-state index contributed by atoms with van der Waals surface area (Å²) in [5, 5.41) is 29.5. The Morgan fingerprint density at radius 1 is 0.778 bits per heavy atom. The van der Waals surface area contributed by atoms with Crippen molar-refractivity contribution in [3.63, 3.8) is 0 Å². The summed E-state index contributed by atoms with van der Waals surface area (Å²) < 4.78 is 0. The fourth-order valence-corrected chi connectivity index (χ4v) is 0. The van der Waals surface area contributed by atoms with E-state index in [1.165, 1.54) is 0 Å². The largest absolute Gasteiger partial charge is 3.00 e. The minimum Gasteiger partial charge on any atom is -0.356 e. The van der Waals surface area contributed by atoms with Crippen LogP contribution in [0.15, 0.2) is 0 Å². The number of rotatable bonds is 0. The second-order valence-corrected chi connectivity index (χ2v) is 0.447. The van der Waals surface area contributed by atoms with Gasteiger partial charge in [-0.25, -0.2) is 0 Å². The van der Waals surface area contributed by atoms with Crippen LogP contribution in [0.2, 0.25) is 0 Å². The van der Waals surface area contributed by atoms with Crippen molar-refractivity contribution in [2.45, 2.75) is 0 Å². The maximum atomic E-state index is 8.25. The summed E-state index contributed by atoms with van der Waals surface area (Å²) >= 11 is 0. The van der Waals surface area contributed by atoms with Crippen molar-refractivity contribution in [3.8, 4) is 0 Å². The molecule has 1 radical (unpaired) electrons. The van der Waals surface area contributed by atoms with E-state index < -0.39 is 10.2 Å². The van der Waals surface area contributed by atoms with Crippen LogP contribution in [-0.4, -0.2) is 10.2 Å². The molecule has 8 nitrogen and oxygen atoms in total. The molecule has 9 heavy (non-hydrogen) atoms. The van der Waals surface area contributed by atoms with E-state index in [-0.39, 0.29) is 41.7 Å². The van der Waals surface area contributed by atoms with Crippen LogP contribution in [0.25, 0.3) is 0 Å². The second kappa shape index (κ2) is 10.7. The van der Waals surface area contributed by atoms with Gasteiger partial charge in [-0.15, -0.1) is 0 Å². The number of nitrogens with zero attached hydrogens (tertiary/aromatic N) is 2. The quantitative estimate of drug-likeness (QED) is 0.428. The molecule has 9 heteroatoms. The molecule has 0 N–H and O–H groups in total. The third-order valence-electron chi connectivity index (χ3n) is 0. The van der Waals surface area contributed by atoms with Gasteiger partial charge in [-0.2, -0.15) is 0 Å². The first-order valence-electron chi connectivity index (χ1n) is 1.10. The van der Waals surface area contributed by atoms with Crippen molar-refractivity contribution in [3.05, 3.63) is 30.6 Å². The molecule has 49 valence electrons. The van der Waals surface area contributed by atoms with Crippen molar-refractivity contribution in [1.82, 2.24) is 0 Å². The zero-order valence-corrected chi connectivity index (χ0v) is 6.98. The van der Waals surface area contributed by atoms with Gasteiger partial charge in [-0.05, 0) is 0 Å². The predicted molar refractivity (Wildman–Crippen MR) is 20.7 cm³/mol. The van der Waals surface area contributed by atoms with Gasteiger partial charge < -0.3 is 30.6 Å². The van der Waals surface area contributed by atoms with E-state index in [9.17, 15) is 0 Å². The van der Waals surface area contributed by atoms with Crippen LogP contribution < -0.4 is 0 Å². The molecule has 0 atom stereocenters. The van der Waals surface area contributed by atoms with Gasteiger partial charge in [-0.1, -0.05) is 0 Å². The van der Waals surface area contributed by atoms with Crippen molar-refractivity contribution in [2.75, 3.05) is 0 Å². The van der Waals surface area contributed by atoms with E-state index in [4.69, 9.17) is 30.6 Å². The standard InChI is InChI=1S/Ce.2NO3/c;2*2-1(3)4/q+3;2*-1. The van der Waals surface area contributed by atoms with Crippen molar-refractivity contribution < 1.29 is 51.9 Å². The molecular formula is CeN2O6+. The van der Waals surface area contributed by atoms with Crippen LogP contribution in [0.1, 0.15) is 0 Å². The molecule has 0 saturated heterocycles. The minimum absolute atomic E-state index is 0. The first kappa shape index (κ1) is 15.9. The number of hydrogen-bond acceptors (Lipinski definition) is 6. The summed E-state index contributed by atoms with van der Waals surface area (Å²) in [7, 11) is 0. The summed E-state index contributed by atoms with van der Waals surface area (Å²) in [4.78, 5) is 16.5. The fraction of sp³-hybridized carbons (Fsp3) is 0. The van der Waals surface area contributed by atoms with Crippen LogP contribution >= 0.6 is 0 Å². The van der Waals surface area contributed by atoms with Gasteiger partial charge in [-0.3, -0.25) is 0 Å². The van der Waals surface area contributed by atoms with Gasteiger partial charge in [0.1, 0.15) is 0 Å². The number of hydrogen-bond donors (Lipinski definition) is 0. The molecule has 0 aromatic rings. The molecule has 0 aliphatic carbocycles. The summed E-state index contributed by atoms with van der Waals surface area (Å²) in [5.41, 5.74) is 0. The molecule has 0 rings (SSSR count). The smallest absolute Gasteiger partial charge is 0.356 e. The summed E-state index contributed by atoms with van der Waals surface area (Å²) in [5.74, 6) is 0. The monoisotopic (exact) mass is 264 g/mol. The molecule has 0 bridgehead atoms. The SMILES string of the molecule is O=[N+]([O-])[O-].O=[N+]([O-])[O-].[Ce+3]. The Bertz CT molecular complexity index is 69.1. The zero-order chi connectivity index (χ0) is 7.15. The maximum absolute atomic E-state index is 8.25. The molecule has 0 unspecified atom stereocenters. The van der Waals surface area contributed by atoms with Crippen LogP contribution in [0, 0.1) is 72.4 Å². The van der Waals surface area contributed by atoms with Gasteiger partial charge in [0.25, 0.3) is 0 Å². The average Bonchev–Trinajstić information content (AvgIpc) is 1.25. The Morgan fingerprint density at radius 3 is 0.778 bits per heavy atom. The summed E-state index contributed by atoms with van der Waals surface area (Å²) in [6.07, 6.45) is 0. The van der Waals surface area contributed by atoms with Crippen LogP contribution in [0.4, 0.5) is 0 Å². The third kappa shape index (κ3) is 5200. The Morgan fingerprint density at radius 2 is 0.778 bits per heavy atom. The molecule has 0 aliphatic rings. The minimum atomic E-state index is -1.75. The first-order valence-corrected chi connectivity index (χ1v) is 1.10.